The number of ether oxygens (including phenoxy) is 2. The summed E-state index contributed by atoms with van der Waals surface area (Å²) in [5, 5.41) is 2.91. The van der Waals surface area contributed by atoms with Gasteiger partial charge in [0.05, 0.1) is 24.4 Å². The minimum atomic E-state index is -0.166. The van der Waals surface area contributed by atoms with Gasteiger partial charge in [-0.1, -0.05) is 12.1 Å². The number of halogens is 1. The highest BCUT2D eigenvalue weighted by Gasteiger charge is 2.20. The van der Waals surface area contributed by atoms with Gasteiger partial charge in [-0.3, -0.25) is 4.79 Å². The number of imidazole rings is 1. The van der Waals surface area contributed by atoms with Crippen LogP contribution in [0.3, 0.4) is 0 Å². The van der Waals surface area contributed by atoms with Gasteiger partial charge in [-0.05, 0) is 47.1 Å². The summed E-state index contributed by atoms with van der Waals surface area (Å²) in [6.45, 7) is 3.05. The predicted octanol–water partition coefficient (Wildman–Crippen LogP) is 3.59. The standard InChI is InChI=1S/C20H18BrN3O3/c1-2-26-17-5-3-4-13-8-14(12-27-19(13)17)20(25)22-9-16-11-24-10-15(21)6-7-18(24)23-16/h3-8,10-11H,2,9,12H2,1H3,(H,22,25). The molecule has 0 atom stereocenters. The summed E-state index contributed by atoms with van der Waals surface area (Å²) in [6.07, 6.45) is 5.67. The number of hydrogen-bond acceptors (Lipinski definition) is 4. The molecule has 4 rings (SSSR count). The Morgan fingerprint density at radius 3 is 3.07 bits per heavy atom. The van der Waals surface area contributed by atoms with E-state index in [2.05, 4.69) is 26.2 Å². The van der Waals surface area contributed by atoms with Crippen LogP contribution in [-0.4, -0.2) is 28.5 Å². The van der Waals surface area contributed by atoms with Crippen LogP contribution in [0.2, 0.25) is 0 Å². The third-order valence-corrected chi connectivity index (χ3v) is 4.67. The fraction of sp³-hybridized carbons (Fsp3) is 0.200. The second-order valence-corrected chi connectivity index (χ2v) is 7.01. The molecule has 27 heavy (non-hydrogen) atoms. The second-order valence-electron chi connectivity index (χ2n) is 6.09. The first kappa shape index (κ1) is 17.6. The molecule has 0 saturated heterocycles. The van der Waals surface area contributed by atoms with Crippen molar-refractivity contribution in [3.63, 3.8) is 0 Å². The Kier molecular flexibility index (Phi) is 4.85. The van der Waals surface area contributed by atoms with Gasteiger partial charge >= 0.3 is 0 Å². The van der Waals surface area contributed by atoms with Gasteiger partial charge in [-0.2, -0.15) is 0 Å². The Morgan fingerprint density at radius 1 is 1.33 bits per heavy atom. The van der Waals surface area contributed by atoms with Gasteiger partial charge in [0.25, 0.3) is 5.91 Å². The first-order valence-corrected chi connectivity index (χ1v) is 9.44. The second kappa shape index (κ2) is 7.44. The molecule has 0 unspecified atom stereocenters. The Labute approximate surface area is 164 Å². The highest BCUT2D eigenvalue weighted by Crippen LogP contribution is 2.35. The van der Waals surface area contributed by atoms with E-state index in [1.54, 1.807) is 0 Å². The Hall–Kier alpha value is -2.80. The van der Waals surface area contributed by atoms with Gasteiger partial charge < -0.3 is 19.2 Å². The average molecular weight is 428 g/mol. The lowest BCUT2D eigenvalue weighted by Gasteiger charge is -2.20. The maximum atomic E-state index is 12.5. The smallest absolute Gasteiger partial charge is 0.251 e. The van der Waals surface area contributed by atoms with E-state index in [9.17, 15) is 4.79 Å². The lowest BCUT2D eigenvalue weighted by Crippen LogP contribution is -2.28. The molecule has 3 aromatic rings. The van der Waals surface area contributed by atoms with Crippen LogP contribution in [0.25, 0.3) is 11.7 Å². The van der Waals surface area contributed by atoms with Crippen LogP contribution >= 0.6 is 15.9 Å². The van der Waals surface area contributed by atoms with E-state index >= 15 is 0 Å². The number of amides is 1. The molecular weight excluding hydrogens is 410 g/mol. The van der Waals surface area contributed by atoms with Crippen LogP contribution in [0, 0.1) is 0 Å². The zero-order valence-electron chi connectivity index (χ0n) is 14.7. The van der Waals surface area contributed by atoms with Crippen LogP contribution in [0.5, 0.6) is 11.5 Å². The van der Waals surface area contributed by atoms with Crippen molar-refractivity contribution in [2.45, 2.75) is 13.5 Å². The number of nitrogens with one attached hydrogen (secondary N) is 1. The van der Waals surface area contributed by atoms with Gasteiger partial charge in [0.1, 0.15) is 12.3 Å². The van der Waals surface area contributed by atoms with Crippen LogP contribution in [0.15, 0.2) is 52.8 Å². The molecule has 138 valence electrons. The molecule has 0 bridgehead atoms. The summed E-state index contributed by atoms with van der Waals surface area (Å²) in [5.41, 5.74) is 3.04. The molecule has 7 heteroatoms. The molecule has 6 nitrogen and oxygen atoms in total. The number of carbonyl (C=O) groups is 1. The summed E-state index contributed by atoms with van der Waals surface area (Å²) >= 11 is 3.44. The van der Waals surface area contributed by atoms with Crippen molar-refractivity contribution >= 4 is 33.6 Å². The Morgan fingerprint density at radius 2 is 2.22 bits per heavy atom. The summed E-state index contributed by atoms with van der Waals surface area (Å²) in [7, 11) is 0. The minimum absolute atomic E-state index is 0.166. The molecule has 0 aliphatic carbocycles. The van der Waals surface area contributed by atoms with E-state index in [1.807, 2.05) is 60.1 Å². The van der Waals surface area contributed by atoms with Crippen LogP contribution in [0.4, 0.5) is 0 Å². The fourth-order valence-corrected chi connectivity index (χ4v) is 3.32. The quantitative estimate of drug-likeness (QED) is 0.675. The van der Waals surface area contributed by atoms with E-state index in [-0.39, 0.29) is 12.5 Å². The molecule has 1 aliphatic heterocycles. The lowest BCUT2D eigenvalue weighted by atomic mass is 10.1. The number of hydrogen-bond donors (Lipinski definition) is 1. The van der Waals surface area contributed by atoms with Crippen molar-refractivity contribution in [2.24, 2.45) is 0 Å². The van der Waals surface area contributed by atoms with Crippen molar-refractivity contribution in [1.29, 1.82) is 0 Å². The van der Waals surface area contributed by atoms with Crippen molar-refractivity contribution in [3.8, 4) is 11.5 Å². The van der Waals surface area contributed by atoms with Crippen LogP contribution in [0.1, 0.15) is 18.2 Å². The number of aromatic nitrogens is 2. The molecule has 1 amide bonds. The average Bonchev–Trinajstić information content (AvgIpc) is 3.08. The number of benzene rings is 1. The normalized spacial score (nSPS) is 12.9. The lowest BCUT2D eigenvalue weighted by molar-refractivity contribution is -0.117. The predicted molar refractivity (Wildman–Crippen MR) is 106 cm³/mol. The van der Waals surface area contributed by atoms with E-state index in [0.717, 1.165) is 21.4 Å². The van der Waals surface area contributed by atoms with E-state index in [1.165, 1.54) is 0 Å². The van der Waals surface area contributed by atoms with Crippen molar-refractivity contribution in [2.75, 3.05) is 13.2 Å². The van der Waals surface area contributed by atoms with Crippen molar-refractivity contribution in [3.05, 3.63) is 64.0 Å². The Balaban J connectivity index is 1.47. The van der Waals surface area contributed by atoms with Crippen molar-refractivity contribution in [1.82, 2.24) is 14.7 Å². The summed E-state index contributed by atoms with van der Waals surface area (Å²) < 4.78 is 14.2. The largest absolute Gasteiger partial charge is 0.490 e. The van der Waals surface area contributed by atoms with E-state index < -0.39 is 0 Å². The Bertz CT molecular complexity index is 1040. The highest BCUT2D eigenvalue weighted by molar-refractivity contribution is 9.10. The molecule has 1 aromatic carbocycles. The molecule has 0 radical (unpaired) electrons. The number of rotatable bonds is 5. The van der Waals surface area contributed by atoms with Gasteiger partial charge in [-0.15, -0.1) is 0 Å². The molecule has 0 saturated carbocycles. The number of fused-ring (bicyclic) bond motifs is 2. The topological polar surface area (TPSA) is 64.9 Å². The van der Waals surface area contributed by atoms with E-state index in [4.69, 9.17) is 9.47 Å². The molecular formula is C20H18BrN3O3. The zero-order valence-corrected chi connectivity index (χ0v) is 16.3. The van der Waals surface area contributed by atoms with Crippen LogP contribution < -0.4 is 14.8 Å². The van der Waals surface area contributed by atoms with Gasteiger partial charge in [-0.25, -0.2) is 4.98 Å². The number of pyridine rings is 1. The molecule has 0 spiro atoms. The molecule has 1 N–H and O–H groups in total. The monoisotopic (exact) mass is 427 g/mol. The highest BCUT2D eigenvalue weighted by atomic mass is 79.9. The van der Waals surface area contributed by atoms with E-state index in [0.29, 0.717) is 30.2 Å². The SMILES string of the molecule is CCOc1cccc2c1OCC(C(=O)NCc1cn3cc(Br)ccc3n1)=C2. The summed E-state index contributed by atoms with van der Waals surface area (Å²) in [5.74, 6) is 1.21. The fourth-order valence-electron chi connectivity index (χ4n) is 2.97. The molecule has 0 fully saturated rings. The molecule has 1 aliphatic rings. The van der Waals surface area contributed by atoms with Gasteiger partial charge in [0.15, 0.2) is 11.5 Å². The maximum Gasteiger partial charge on any atom is 0.251 e. The first-order valence-electron chi connectivity index (χ1n) is 8.64. The maximum absolute atomic E-state index is 12.5. The molecule has 3 heterocycles. The minimum Gasteiger partial charge on any atom is -0.490 e. The van der Waals surface area contributed by atoms with Gasteiger partial charge in [0, 0.05) is 22.4 Å². The number of para-hydroxylation sites is 1. The van der Waals surface area contributed by atoms with Crippen LogP contribution in [-0.2, 0) is 11.3 Å². The van der Waals surface area contributed by atoms with Gasteiger partial charge in [0.2, 0.25) is 0 Å². The number of nitrogens with zero attached hydrogens (tertiary/aromatic N) is 2. The summed E-state index contributed by atoms with van der Waals surface area (Å²) in [4.78, 5) is 17.0. The molecule has 2 aromatic heterocycles. The van der Waals surface area contributed by atoms with Crippen molar-refractivity contribution < 1.29 is 14.3 Å². The summed E-state index contributed by atoms with van der Waals surface area (Å²) in [6, 6.07) is 9.51. The zero-order chi connectivity index (χ0) is 18.8. The third kappa shape index (κ3) is 3.68. The first-order chi connectivity index (χ1) is 13.1. The number of carbonyl (C=O) groups excluding carboxylic acids is 1. The third-order valence-electron chi connectivity index (χ3n) is 4.20.